The SMILES string of the molecule is Cc1ccnc2c(-c3ccccc3)cc(-c3ccccc3)cc12. The van der Waals surface area contributed by atoms with Gasteiger partial charge < -0.3 is 0 Å². The van der Waals surface area contributed by atoms with Crippen molar-refractivity contribution in [3.8, 4) is 22.3 Å². The number of fused-ring (bicyclic) bond motifs is 1. The summed E-state index contributed by atoms with van der Waals surface area (Å²) in [5.74, 6) is 0. The van der Waals surface area contributed by atoms with Crippen LogP contribution in [0.2, 0.25) is 0 Å². The van der Waals surface area contributed by atoms with Gasteiger partial charge in [-0.05, 0) is 47.4 Å². The summed E-state index contributed by atoms with van der Waals surface area (Å²) >= 11 is 0. The molecule has 0 aliphatic heterocycles. The quantitative estimate of drug-likeness (QED) is 0.450. The predicted octanol–water partition coefficient (Wildman–Crippen LogP) is 5.88. The number of rotatable bonds is 2. The Labute approximate surface area is 136 Å². The van der Waals surface area contributed by atoms with Crippen LogP contribution in [0.3, 0.4) is 0 Å². The molecule has 0 saturated carbocycles. The summed E-state index contributed by atoms with van der Waals surface area (Å²) in [4.78, 5) is 4.65. The summed E-state index contributed by atoms with van der Waals surface area (Å²) in [6.07, 6.45) is 1.90. The van der Waals surface area contributed by atoms with Crippen molar-refractivity contribution in [2.24, 2.45) is 0 Å². The largest absolute Gasteiger partial charge is 0.256 e. The molecule has 0 N–H and O–H groups in total. The number of aryl methyl sites for hydroxylation is 1. The first kappa shape index (κ1) is 13.7. The summed E-state index contributed by atoms with van der Waals surface area (Å²) in [5, 5.41) is 1.22. The lowest BCUT2D eigenvalue weighted by Gasteiger charge is -2.12. The second-order valence-electron chi connectivity index (χ2n) is 5.78. The molecule has 0 bridgehead atoms. The van der Waals surface area contributed by atoms with Crippen LogP contribution < -0.4 is 0 Å². The third-order valence-corrected chi connectivity index (χ3v) is 4.25. The average molecular weight is 295 g/mol. The Kier molecular flexibility index (Phi) is 3.39. The lowest BCUT2D eigenvalue weighted by Crippen LogP contribution is -1.89. The molecule has 4 aromatic rings. The molecule has 1 nitrogen and oxygen atoms in total. The van der Waals surface area contributed by atoms with Crippen LogP contribution >= 0.6 is 0 Å². The zero-order chi connectivity index (χ0) is 15.6. The topological polar surface area (TPSA) is 12.9 Å². The molecule has 110 valence electrons. The van der Waals surface area contributed by atoms with E-state index in [2.05, 4.69) is 84.7 Å². The van der Waals surface area contributed by atoms with E-state index in [4.69, 9.17) is 0 Å². The van der Waals surface area contributed by atoms with Gasteiger partial charge in [-0.2, -0.15) is 0 Å². The number of nitrogens with zero attached hydrogens (tertiary/aromatic N) is 1. The van der Waals surface area contributed by atoms with Gasteiger partial charge in [0.2, 0.25) is 0 Å². The van der Waals surface area contributed by atoms with Gasteiger partial charge in [0, 0.05) is 17.1 Å². The van der Waals surface area contributed by atoms with Crippen LogP contribution in [-0.4, -0.2) is 4.98 Å². The van der Waals surface area contributed by atoms with E-state index in [-0.39, 0.29) is 0 Å². The molecule has 0 radical (unpaired) electrons. The van der Waals surface area contributed by atoms with Crippen LogP contribution in [0.5, 0.6) is 0 Å². The maximum Gasteiger partial charge on any atom is 0.0783 e. The molecule has 23 heavy (non-hydrogen) atoms. The fourth-order valence-corrected chi connectivity index (χ4v) is 3.02. The molecule has 0 aliphatic carbocycles. The van der Waals surface area contributed by atoms with Crippen molar-refractivity contribution in [1.82, 2.24) is 4.98 Å². The van der Waals surface area contributed by atoms with Gasteiger partial charge in [-0.3, -0.25) is 4.98 Å². The highest BCUT2D eigenvalue weighted by molar-refractivity contribution is 5.98. The molecule has 0 unspecified atom stereocenters. The molecule has 0 spiro atoms. The van der Waals surface area contributed by atoms with Gasteiger partial charge >= 0.3 is 0 Å². The van der Waals surface area contributed by atoms with E-state index in [1.54, 1.807) is 0 Å². The van der Waals surface area contributed by atoms with Crippen LogP contribution in [0, 0.1) is 6.92 Å². The minimum atomic E-state index is 1.07. The normalized spacial score (nSPS) is 10.8. The molecule has 1 aromatic heterocycles. The molecule has 1 heteroatoms. The second kappa shape index (κ2) is 5.69. The molecular formula is C22H17N. The number of hydrogen-bond donors (Lipinski definition) is 0. The van der Waals surface area contributed by atoms with Gasteiger partial charge in [-0.1, -0.05) is 60.7 Å². The van der Waals surface area contributed by atoms with E-state index in [9.17, 15) is 0 Å². The molecule has 0 fully saturated rings. The van der Waals surface area contributed by atoms with Crippen LogP contribution in [0.1, 0.15) is 5.56 Å². The molecule has 3 aromatic carbocycles. The van der Waals surface area contributed by atoms with Gasteiger partial charge in [-0.25, -0.2) is 0 Å². The van der Waals surface area contributed by atoms with Crippen molar-refractivity contribution >= 4 is 10.9 Å². The van der Waals surface area contributed by atoms with Crippen molar-refractivity contribution < 1.29 is 0 Å². The summed E-state index contributed by atoms with van der Waals surface area (Å²) in [7, 11) is 0. The van der Waals surface area contributed by atoms with Gasteiger partial charge in [-0.15, -0.1) is 0 Å². The number of hydrogen-bond acceptors (Lipinski definition) is 1. The minimum absolute atomic E-state index is 1.07. The predicted molar refractivity (Wildman–Crippen MR) is 97.4 cm³/mol. The van der Waals surface area contributed by atoms with Crippen molar-refractivity contribution in [3.63, 3.8) is 0 Å². The fraction of sp³-hybridized carbons (Fsp3) is 0.0455. The standard InChI is InChI=1S/C22H17N/c1-16-12-13-23-22-20(16)14-19(17-8-4-2-5-9-17)15-21(22)18-10-6-3-7-11-18/h2-15H,1H3. The van der Waals surface area contributed by atoms with Crippen LogP contribution in [0.25, 0.3) is 33.2 Å². The molecule has 0 amide bonds. The van der Waals surface area contributed by atoms with Gasteiger partial charge in [0.15, 0.2) is 0 Å². The van der Waals surface area contributed by atoms with Crippen LogP contribution in [0.4, 0.5) is 0 Å². The van der Waals surface area contributed by atoms with E-state index in [0.717, 1.165) is 5.52 Å². The Hall–Kier alpha value is -2.93. The van der Waals surface area contributed by atoms with Gasteiger partial charge in [0.25, 0.3) is 0 Å². The molecule has 0 aliphatic rings. The lowest BCUT2D eigenvalue weighted by molar-refractivity contribution is 1.37. The van der Waals surface area contributed by atoms with Crippen molar-refractivity contribution in [2.45, 2.75) is 6.92 Å². The molecular weight excluding hydrogens is 278 g/mol. The van der Waals surface area contributed by atoms with E-state index in [1.807, 2.05) is 12.3 Å². The highest BCUT2D eigenvalue weighted by Gasteiger charge is 2.10. The molecule has 1 heterocycles. The summed E-state index contributed by atoms with van der Waals surface area (Å²) in [6.45, 7) is 2.15. The third-order valence-electron chi connectivity index (χ3n) is 4.25. The van der Waals surface area contributed by atoms with E-state index in [0.29, 0.717) is 0 Å². The van der Waals surface area contributed by atoms with E-state index < -0.39 is 0 Å². The minimum Gasteiger partial charge on any atom is -0.256 e. The van der Waals surface area contributed by atoms with E-state index >= 15 is 0 Å². The van der Waals surface area contributed by atoms with Crippen molar-refractivity contribution in [2.75, 3.05) is 0 Å². The first-order chi connectivity index (χ1) is 11.3. The Morgan fingerprint density at radius 2 is 1.30 bits per heavy atom. The Morgan fingerprint density at radius 3 is 2.00 bits per heavy atom. The molecule has 0 saturated heterocycles. The Morgan fingerprint density at radius 1 is 0.652 bits per heavy atom. The zero-order valence-corrected chi connectivity index (χ0v) is 13.0. The first-order valence-electron chi connectivity index (χ1n) is 7.83. The van der Waals surface area contributed by atoms with Crippen LogP contribution in [-0.2, 0) is 0 Å². The summed E-state index contributed by atoms with van der Waals surface area (Å²) in [5.41, 5.74) is 7.17. The molecule has 0 atom stereocenters. The summed E-state index contributed by atoms with van der Waals surface area (Å²) in [6, 6.07) is 27.6. The fourth-order valence-electron chi connectivity index (χ4n) is 3.02. The zero-order valence-electron chi connectivity index (χ0n) is 13.0. The van der Waals surface area contributed by atoms with Gasteiger partial charge in [0.05, 0.1) is 5.52 Å². The van der Waals surface area contributed by atoms with E-state index in [1.165, 1.54) is 33.2 Å². The smallest absolute Gasteiger partial charge is 0.0783 e. The summed E-state index contributed by atoms with van der Waals surface area (Å²) < 4.78 is 0. The second-order valence-corrected chi connectivity index (χ2v) is 5.78. The maximum absolute atomic E-state index is 4.65. The maximum atomic E-state index is 4.65. The first-order valence-corrected chi connectivity index (χ1v) is 7.83. The average Bonchev–Trinajstić information content (AvgIpc) is 2.63. The number of benzene rings is 3. The van der Waals surface area contributed by atoms with Crippen LogP contribution in [0.15, 0.2) is 85.1 Å². The monoisotopic (exact) mass is 295 g/mol. The lowest BCUT2D eigenvalue weighted by atomic mass is 9.94. The van der Waals surface area contributed by atoms with Gasteiger partial charge in [0.1, 0.15) is 0 Å². The Balaban J connectivity index is 2.06. The number of pyridine rings is 1. The van der Waals surface area contributed by atoms with Crippen molar-refractivity contribution in [3.05, 3.63) is 90.6 Å². The number of aromatic nitrogens is 1. The Bertz CT molecular complexity index is 957. The third kappa shape index (κ3) is 2.51. The molecule has 4 rings (SSSR count). The highest BCUT2D eigenvalue weighted by atomic mass is 14.7. The van der Waals surface area contributed by atoms with Crippen molar-refractivity contribution in [1.29, 1.82) is 0 Å². The highest BCUT2D eigenvalue weighted by Crippen LogP contribution is 2.34.